The summed E-state index contributed by atoms with van der Waals surface area (Å²) in [5.74, 6) is 0.955. The Morgan fingerprint density at radius 2 is 1.50 bits per heavy atom. The molecule has 1 heteroatoms. The first-order valence-corrected chi connectivity index (χ1v) is 5.86. The molecule has 0 amide bonds. The monoisotopic (exact) mass is 186 g/mol. The van der Waals surface area contributed by atoms with Gasteiger partial charge in [-0.15, -0.1) is 11.8 Å². The van der Waals surface area contributed by atoms with Crippen molar-refractivity contribution in [2.75, 3.05) is 0 Å². The zero-order valence-corrected chi connectivity index (χ0v) is 9.92. The standard InChI is InChI=1S/C11H22S/c1-6-9-7-10(2,3)12-11(4,5)8-9/h9H,6-8H2,1-5H3. The van der Waals surface area contributed by atoms with Gasteiger partial charge in [-0.3, -0.25) is 0 Å². The Morgan fingerprint density at radius 1 is 1.08 bits per heavy atom. The number of thioether (sulfide) groups is 1. The SMILES string of the molecule is CCC1CC(C)(C)SC(C)(C)C1. The average molecular weight is 186 g/mol. The van der Waals surface area contributed by atoms with Crippen LogP contribution in [0.15, 0.2) is 0 Å². The van der Waals surface area contributed by atoms with Crippen LogP contribution in [0.25, 0.3) is 0 Å². The molecule has 1 rings (SSSR count). The van der Waals surface area contributed by atoms with Crippen LogP contribution in [0.3, 0.4) is 0 Å². The minimum atomic E-state index is 0.502. The van der Waals surface area contributed by atoms with E-state index in [1.165, 1.54) is 19.3 Å². The van der Waals surface area contributed by atoms with E-state index in [-0.39, 0.29) is 0 Å². The first kappa shape index (κ1) is 10.4. The molecule has 1 aliphatic heterocycles. The van der Waals surface area contributed by atoms with Crippen molar-refractivity contribution in [2.45, 2.75) is 63.4 Å². The van der Waals surface area contributed by atoms with Crippen molar-refractivity contribution in [3.63, 3.8) is 0 Å². The second kappa shape index (κ2) is 3.25. The largest absolute Gasteiger partial charge is 0.149 e. The first-order valence-electron chi connectivity index (χ1n) is 5.05. The predicted octanol–water partition coefficient (Wildman–Crippen LogP) is 4.10. The van der Waals surface area contributed by atoms with Crippen LogP contribution in [-0.2, 0) is 0 Å². The maximum absolute atomic E-state index is 2.39. The van der Waals surface area contributed by atoms with Crippen LogP contribution in [0, 0.1) is 5.92 Å². The summed E-state index contributed by atoms with van der Waals surface area (Å²) in [7, 11) is 0. The molecule has 72 valence electrons. The molecule has 1 aliphatic rings. The highest BCUT2D eigenvalue weighted by molar-refractivity contribution is 8.01. The molecular formula is C11H22S. The third-order valence-electron chi connectivity index (χ3n) is 2.69. The van der Waals surface area contributed by atoms with E-state index in [4.69, 9.17) is 0 Å². The molecule has 0 nitrogen and oxygen atoms in total. The van der Waals surface area contributed by atoms with Crippen molar-refractivity contribution in [3.8, 4) is 0 Å². The topological polar surface area (TPSA) is 0 Å². The van der Waals surface area contributed by atoms with E-state index in [9.17, 15) is 0 Å². The Labute approximate surface area is 81.5 Å². The quantitative estimate of drug-likeness (QED) is 0.594. The lowest BCUT2D eigenvalue weighted by molar-refractivity contribution is 0.340. The fourth-order valence-electron chi connectivity index (χ4n) is 2.58. The van der Waals surface area contributed by atoms with Crippen molar-refractivity contribution >= 4 is 11.8 Å². The average Bonchev–Trinajstić information content (AvgIpc) is 1.80. The predicted molar refractivity (Wildman–Crippen MR) is 58.8 cm³/mol. The van der Waals surface area contributed by atoms with E-state index < -0.39 is 0 Å². The van der Waals surface area contributed by atoms with Gasteiger partial charge in [0, 0.05) is 9.49 Å². The minimum absolute atomic E-state index is 0.502. The van der Waals surface area contributed by atoms with Gasteiger partial charge in [0.05, 0.1) is 0 Å². The Kier molecular flexibility index (Phi) is 2.82. The molecule has 0 aliphatic carbocycles. The van der Waals surface area contributed by atoms with Gasteiger partial charge in [-0.05, 0) is 18.8 Å². The Hall–Kier alpha value is 0.350. The molecule has 0 unspecified atom stereocenters. The van der Waals surface area contributed by atoms with E-state index in [1.54, 1.807) is 0 Å². The van der Waals surface area contributed by atoms with Crippen LogP contribution in [0.2, 0.25) is 0 Å². The van der Waals surface area contributed by atoms with Gasteiger partial charge in [-0.25, -0.2) is 0 Å². The Bertz CT molecular complexity index is 142. The highest BCUT2D eigenvalue weighted by Crippen LogP contribution is 2.49. The molecular weight excluding hydrogens is 164 g/mol. The molecule has 0 radical (unpaired) electrons. The van der Waals surface area contributed by atoms with E-state index in [2.05, 4.69) is 46.4 Å². The molecule has 0 atom stereocenters. The van der Waals surface area contributed by atoms with Gasteiger partial charge in [-0.1, -0.05) is 41.0 Å². The molecule has 1 saturated heterocycles. The van der Waals surface area contributed by atoms with Crippen LogP contribution in [0.1, 0.15) is 53.9 Å². The van der Waals surface area contributed by atoms with Crippen LogP contribution in [0.5, 0.6) is 0 Å². The smallest absolute Gasteiger partial charge is 0.0111 e. The normalized spacial score (nSPS) is 28.8. The third kappa shape index (κ3) is 2.69. The third-order valence-corrected chi connectivity index (χ3v) is 4.13. The molecule has 0 bridgehead atoms. The highest BCUT2D eigenvalue weighted by Gasteiger charge is 2.38. The zero-order valence-electron chi connectivity index (χ0n) is 9.11. The van der Waals surface area contributed by atoms with Crippen LogP contribution < -0.4 is 0 Å². The van der Waals surface area contributed by atoms with Crippen molar-refractivity contribution in [2.24, 2.45) is 5.92 Å². The van der Waals surface area contributed by atoms with Gasteiger partial charge in [0.25, 0.3) is 0 Å². The van der Waals surface area contributed by atoms with Gasteiger partial charge < -0.3 is 0 Å². The fraction of sp³-hybridized carbons (Fsp3) is 1.00. The lowest BCUT2D eigenvalue weighted by Gasteiger charge is -2.44. The number of rotatable bonds is 1. The van der Waals surface area contributed by atoms with Gasteiger partial charge in [0.15, 0.2) is 0 Å². The molecule has 1 fully saturated rings. The van der Waals surface area contributed by atoms with Crippen molar-refractivity contribution < 1.29 is 0 Å². The lowest BCUT2D eigenvalue weighted by atomic mass is 9.86. The summed E-state index contributed by atoms with van der Waals surface area (Å²) >= 11 is 2.16. The van der Waals surface area contributed by atoms with Crippen LogP contribution >= 0.6 is 11.8 Å². The second-order valence-electron chi connectivity index (χ2n) is 5.30. The summed E-state index contributed by atoms with van der Waals surface area (Å²) in [6.45, 7) is 11.9. The summed E-state index contributed by atoms with van der Waals surface area (Å²) < 4.78 is 1.00. The molecule has 0 aromatic rings. The number of hydrogen-bond donors (Lipinski definition) is 0. The van der Waals surface area contributed by atoms with Gasteiger partial charge in [0.2, 0.25) is 0 Å². The molecule has 0 aromatic heterocycles. The van der Waals surface area contributed by atoms with E-state index in [1.807, 2.05) is 0 Å². The molecule has 1 heterocycles. The first-order chi connectivity index (χ1) is 5.35. The van der Waals surface area contributed by atoms with Crippen molar-refractivity contribution in [1.29, 1.82) is 0 Å². The fourth-order valence-corrected chi connectivity index (χ4v) is 4.72. The van der Waals surface area contributed by atoms with Crippen LogP contribution in [0.4, 0.5) is 0 Å². The van der Waals surface area contributed by atoms with E-state index in [0.717, 1.165) is 5.92 Å². The van der Waals surface area contributed by atoms with Gasteiger partial charge >= 0.3 is 0 Å². The summed E-state index contributed by atoms with van der Waals surface area (Å²) in [5, 5.41) is 0. The van der Waals surface area contributed by atoms with E-state index in [0.29, 0.717) is 9.49 Å². The highest BCUT2D eigenvalue weighted by atomic mass is 32.2. The van der Waals surface area contributed by atoms with Crippen molar-refractivity contribution in [1.82, 2.24) is 0 Å². The van der Waals surface area contributed by atoms with Crippen LogP contribution in [-0.4, -0.2) is 9.49 Å². The summed E-state index contributed by atoms with van der Waals surface area (Å²) in [6, 6.07) is 0. The Morgan fingerprint density at radius 3 is 1.83 bits per heavy atom. The van der Waals surface area contributed by atoms with Gasteiger partial charge in [0.1, 0.15) is 0 Å². The molecule has 0 saturated carbocycles. The second-order valence-corrected chi connectivity index (χ2v) is 7.72. The maximum Gasteiger partial charge on any atom is 0.0111 e. The van der Waals surface area contributed by atoms with Crippen molar-refractivity contribution in [3.05, 3.63) is 0 Å². The minimum Gasteiger partial charge on any atom is -0.149 e. The van der Waals surface area contributed by atoms with E-state index >= 15 is 0 Å². The molecule has 12 heavy (non-hydrogen) atoms. The summed E-state index contributed by atoms with van der Waals surface area (Å²) in [4.78, 5) is 0. The number of hydrogen-bond acceptors (Lipinski definition) is 1. The summed E-state index contributed by atoms with van der Waals surface area (Å²) in [6.07, 6.45) is 4.16. The zero-order chi connectivity index (χ0) is 9.41. The molecule has 0 N–H and O–H groups in total. The Balaban J connectivity index is 2.66. The summed E-state index contributed by atoms with van der Waals surface area (Å²) in [5.41, 5.74) is 0. The maximum atomic E-state index is 2.39. The lowest BCUT2D eigenvalue weighted by Crippen LogP contribution is -2.36. The molecule has 0 aromatic carbocycles. The molecule has 0 spiro atoms. The van der Waals surface area contributed by atoms with Gasteiger partial charge in [-0.2, -0.15) is 0 Å².